The third kappa shape index (κ3) is 7.61. The lowest BCUT2D eigenvalue weighted by Gasteiger charge is -2.19. The van der Waals surface area contributed by atoms with Crippen molar-refractivity contribution in [3.63, 3.8) is 0 Å². The van der Waals surface area contributed by atoms with Crippen LogP contribution >= 0.6 is 15.9 Å². The zero-order chi connectivity index (χ0) is 11.9. The predicted octanol–water partition coefficient (Wildman–Crippen LogP) is 1.81. The second kappa shape index (κ2) is 7.05. The second-order valence-electron chi connectivity index (χ2n) is 2.77. The highest BCUT2D eigenvalue weighted by atomic mass is 79.9. The molecule has 3 nitrogen and oxygen atoms in total. The lowest BCUT2D eigenvalue weighted by molar-refractivity contribution is -0.177. The molecule has 0 radical (unpaired) electrons. The molecule has 0 aliphatic heterocycles. The van der Waals surface area contributed by atoms with Gasteiger partial charge in [-0.2, -0.15) is 13.2 Å². The Hall–Kier alpha value is -0.300. The number of nitrogens with zero attached hydrogens (tertiary/aromatic N) is 1. The van der Waals surface area contributed by atoms with Gasteiger partial charge in [-0.1, -0.05) is 15.9 Å². The minimum absolute atomic E-state index is 0.429. The Bertz CT molecular complexity index is 199. The highest BCUT2D eigenvalue weighted by Gasteiger charge is 2.28. The molecule has 1 amide bonds. The number of ether oxygens (including phenoxy) is 1. The van der Waals surface area contributed by atoms with Gasteiger partial charge in [0.2, 0.25) is 5.91 Å². The maximum atomic E-state index is 11.7. The van der Waals surface area contributed by atoms with Crippen LogP contribution < -0.4 is 0 Å². The van der Waals surface area contributed by atoms with Gasteiger partial charge in [0, 0.05) is 18.4 Å². The zero-order valence-corrected chi connectivity index (χ0v) is 9.90. The largest absolute Gasteiger partial charge is 0.411 e. The van der Waals surface area contributed by atoms with E-state index in [2.05, 4.69) is 20.7 Å². The molecular formula is C8H13BrF3NO2. The fourth-order valence-electron chi connectivity index (χ4n) is 0.907. The van der Waals surface area contributed by atoms with Gasteiger partial charge in [-0.05, 0) is 6.92 Å². The average Bonchev–Trinajstić information content (AvgIpc) is 2.11. The zero-order valence-electron chi connectivity index (χ0n) is 8.31. The molecule has 0 aromatic rings. The molecule has 90 valence electrons. The van der Waals surface area contributed by atoms with Crippen molar-refractivity contribution in [1.82, 2.24) is 4.90 Å². The van der Waals surface area contributed by atoms with Crippen LogP contribution in [0.1, 0.15) is 6.92 Å². The lowest BCUT2D eigenvalue weighted by atomic mass is 10.4. The van der Waals surface area contributed by atoms with Gasteiger partial charge >= 0.3 is 6.18 Å². The molecule has 15 heavy (non-hydrogen) atoms. The smallest absolute Gasteiger partial charge is 0.362 e. The summed E-state index contributed by atoms with van der Waals surface area (Å²) >= 11 is 3.14. The Morgan fingerprint density at radius 1 is 1.47 bits per heavy atom. The van der Waals surface area contributed by atoms with E-state index < -0.39 is 25.3 Å². The molecule has 0 aliphatic rings. The van der Waals surface area contributed by atoms with E-state index in [1.165, 1.54) is 4.90 Å². The molecule has 0 fully saturated rings. The fraction of sp³-hybridized carbons (Fsp3) is 0.875. The number of hydrogen-bond donors (Lipinski definition) is 0. The SMILES string of the molecule is CCN(CCBr)C(=O)COCC(F)(F)F. The van der Waals surface area contributed by atoms with Crippen molar-refractivity contribution in [2.24, 2.45) is 0 Å². The monoisotopic (exact) mass is 291 g/mol. The van der Waals surface area contributed by atoms with Gasteiger partial charge in [-0.15, -0.1) is 0 Å². The first kappa shape index (κ1) is 14.7. The molecule has 0 saturated heterocycles. The maximum Gasteiger partial charge on any atom is 0.411 e. The number of halogens is 4. The van der Waals surface area contributed by atoms with Crippen molar-refractivity contribution in [3.8, 4) is 0 Å². The van der Waals surface area contributed by atoms with Crippen molar-refractivity contribution in [2.75, 3.05) is 31.6 Å². The van der Waals surface area contributed by atoms with Gasteiger partial charge in [0.05, 0.1) is 0 Å². The third-order valence-electron chi connectivity index (χ3n) is 1.58. The Balaban J connectivity index is 3.81. The molecule has 0 spiro atoms. The number of carbonyl (C=O) groups excluding carboxylic acids is 1. The van der Waals surface area contributed by atoms with E-state index in [0.29, 0.717) is 18.4 Å². The molecule has 0 heterocycles. The predicted molar refractivity (Wildman–Crippen MR) is 52.9 cm³/mol. The van der Waals surface area contributed by atoms with Crippen molar-refractivity contribution >= 4 is 21.8 Å². The molecule has 0 saturated carbocycles. The minimum atomic E-state index is -4.38. The summed E-state index contributed by atoms with van der Waals surface area (Å²) in [5, 5.41) is 0.589. The molecule has 0 aromatic carbocycles. The normalized spacial score (nSPS) is 11.5. The summed E-state index contributed by atoms with van der Waals surface area (Å²) in [6.45, 7) is 0.764. The summed E-state index contributed by atoms with van der Waals surface area (Å²) in [6.07, 6.45) is -4.38. The van der Waals surface area contributed by atoms with Gasteiger partial charge < -0.3 is 9.64 Å². The molecule has 0 aliphatic carbocycles. The molecule has 0 rings (SSSR count). The number of amides is 1. The summed E-state index contributed by atoms with van der Waals surface area (Å²) < 4.78 is 39.3. The number of rotatable bonds is 6. The lowest BCUT2D eigenvalue weighted by Crippen LogP contribution is -2.36. The van der Waals surface area contributed by atoms with E-state index in [1.807, 2.05) is 0 Å². The number of likely N-dealkylation sites (N-methyl/N-ethyl adjacent to an activating group) is 1. The highest BCUT2D eigenvalue weighted by Crippen LogP contribution is 2.14. The molecule has 0 unspecified atom stereocenters. The Morgan fingerprint density at radius 2 is 2.07 bits per heavy atom. The molecule has 0 bridgehead atoms. The van der Waals surface area contributed by atoms with E-state index in [0.717, 1.165) is 0 Å². The quantitative estimate of drug-likeness (QED) is 0.699. The summed E-state index contributed by atoms with van der Waals surface area (Å²) in [5.74, 6) is -0.429. The summed E-state index contributed by atoms with van der Waals surface area (Å²) in [5.41, 5.74) is 0. The molecule has 0 N–H and O–H groups in total. The third-order valence-corrected chi connectivity index (χ3v) is 1.93. The van der Waals surface area contributed by atoms with E-state index in [4.69, 9.17) is 0 Å². The first-order valence-electron chi connectivity index (χ1n) is 4.39. The van der Waals surface area contributed by atoms with Crippen LogP contribution in [0.15, 0.2) is 0 Å². The van der Waals surface area contributed by atoms with Crippen LogP contribution in [0.25, 0.3) is 0 Å². The van der Waals surface area contributed by atoms with Crippen molar-refractivity contribution in [3.05, 3.63) is 0 Å². The van der Waals surface area contributed by atoms with Crippen LogP contribution in [0.2, 0.25) is 0 Å². The fourth-order valence-corrected chi connectivity index (χ4v) is 1.33. The summed E-state index contributed by atoms with van der Waals surface area (Å²) in [4.78, 5) is 12.7. The first-order valence-corrected chi connectivity index (χ1v) is 5.51. The molecule has 0 aromatic heterocycles. The number of carbonyl (C=O) groups is 1. The van der Waals surface area contributed by atoms with Crippen molar-refractivity contribution in [2.45, 2.75) is 13.1 Å². The van der Waals surface area contributed by atoms with Gasteiger partial charge in [0.25, 0.3) is 0 Å². The van der Waals surface area contributed by atoms with Crippen molar-refractivity contribution < 1.29 is 22.7 Å². The summed E-state index contributed by atoms with van der Waals surface area (Å²) in [6, 6.07) is 0. The van der Waals surface area contributed by atoms with E-state index >= 15 is 0 Å². The summed E-state index contributed by atoms with van der Waals surface area (Å²) in [7, 11) is 0. The second-order valence-corrected chi connectivity index (χ2v) is 3.56. The molecular weight excluding hydrogens is 279 g/mol. The standard InChI is InChI=1S/C8H13BrF3NO2/c1-2-13(4-3-9)7(14)5-15-6-8(10,11)12/h2-6H2,1H3. The Morgan fingerprint density at radius 3 is 2.47 bits per heavy atom. The Labute approximate surface area is 94.7 Å². The van der Waals surface area contributed by atoms with Crippen LogP contribution in [-0.2, 0) is 9.53 Å². The van der Waals surface area contributed by atoms with E-state index in [9.17, 15) is 18.0 Å². The molecule has 7 heteroatoms. The van der Waals surface area contributed by atoms with Gasteiger partial charge in [0.15, 0.2) is 0 Å². The van der Waals surface area contributed by atoms with Crippen LogP contribution in [0, 0.1) is 0 Å². The van der Waals surface area contributed by atoms with Gasteiger partial charge in [-0.3, -0.25) is 4.79 Å². The topological polar surface area (TPSA) is 29.5 Å². The van der Waals surface area contributed by atoms with Crippen LogP contribution in [-0.4, -0.2) is 48.6 Å². The highest BCUT2D eigenvalue weighted by molar-refractivity contribution is 9.09. The van der Waals surface area contributed by atoms with Crippen LogP contribution in [0.5, 0.6) is 0 Å². The number of alkyl halides is 4. The van der Waals surface area contributed by atoms with Crippen LogP contribution in [0.3, 0.4) is 0 Å². The molecule has 0 atom stereocenters. The van der Waals surface area contributed by atoms with Gasteiger partial charge in [-0.25, -0.2) is 0 Å². The number of hydrogen-bond acceptors (Lipinski definition) is 2. The Kier molecular flexibility index (Phi) is 6.91. The van der Waals surface area contributed by atoms with Gasteiger partial charge in [0.1, 0.15) is 13.2 Å². The minimum Gasteiger partial charge on any atom is -0.362 e. The average molecular weight is 292 g/mol. The maximum absolute atomic E-state index is 11.7. The van der Waals surface area contributed by atoms with Crippen LogP contribution in [0.4, 0.5) is 13.2 Å². The van der Waals surface area contributed by atoms with E-state index in [1.54, 1.807) is 6.92 Å². The van der Waals surface area contributed by atoms with E-state index in [-0.39, 0.29) is 0 Å². The first-order chi connectivity index (χ1) is 6.90. The van der Waals surface area contributed by atoms with Crippen molar-refractivity contribution in [1.29, 1.82) is 0 Å².